The molecule has 0 aromatic heterocycles. The quantitative estimate of drug-likeness (QED) is 0.453. The molecular formula is C20H23FN4O6. The van der Waals surface area contributed by atoms with Crippen LogP contribution in [0.25, 0.3) is 0 Å². The Hall–Kier alpha value is -3.73. The summed E-state index contributed by atoms with van der Waals surface area (Å²) in [7, 11) is 3.02. The Morgan fingerprint density at radius 2 is 1.90 bits per heavy atom. The highest BCUT2D eigenvalue weighted by atomic mass is 19.1. The van der Waals surface area contributed by atoms with Crippen molar-refractivity contribution >= 4 is 29.0 Å². The number of nitrogens with one attached hydrogen (secondary N) is 2. The van der Waals surface area contributed by atoms with Crippen molar-refractivity contribution in [3.63, 3.8) is 0 Å². The van der Waals surface area contributed by atoms with E-state index in [1.807, 2.05) is 0 Å². The maximum atomic E-state index is 14.2. The van der Waals surface area contributed by atoms with Crippen molar-refractivity contribution in [1.82, 2.24) is 4.90 Å². The molecule has 3 amide bonds. The number of hydrogen-bond acceptors (Lipinski definition) is 6. The Balaban J connectivity index is 2.01. The fraction of sp³-hybridized carbons (Fsp3) is 0.300. The molecule has 2 rings (SSSR count). The van der Waals surface area contributed by atoms with Crippen molar-refractivity contribution < 1.29 is 28.7 Å². The molecule has 0 aliphatic rings. The summed E-state index contributed by atoms with van der Waals surface area (Å²) in [6.07, 6.45) is 0. The lowest BCUT2D eigenvalue weighted by Gasteiger charge is -2.23. The monoisotopic (exact) mass is 434 g/mol. The zero-order valence-corrected chi connectivity index (χ0v) is 17.4. The lowest BCUT2D eigenvalue weighted by Crippen LogP contribution is -2.45. The molecule has 10 nitrogen and oxygen atoms in total. The highest BCUT2D eigenvalue weighted by Crippen LogP contribution is 2.24. The third-order valence-electron chi connectivity index (χ3n) is 4.25. The molecule has 0 aliphatic heterocycles. The predicted molar refractivity (Wildman–Crippen MR) is 112 cm³/mol. The average molecular weight is 434 g/mol. The average Bonchev–Trinajstić information content (AvgIpc) is 2.67. The molecule has 0 radical (unpaired) electrons. The molecule has 3 N–H and O–H groups in total. The third-order valence-corrected chi connectivity index (χ3v) is 4.25. The predicted octanol–water partition coefficient (Wildman–Crippen LogP) is 2.90. The number of rotatable bonds is 7. The number of ether oxygens (including phenoxy) is 1. The first-order chi connectivity index (χ1) is 14.4. The number of carbonyl (C=O) groups excluding carboxylic acids is 2. The Bertz CT molecular complexity index is 1010. The van der Waals surface area contributed by atoms with Gasteiger partial charge in [0.05, 0.1) is 10.6 Å². The van der Waals surface area contributed by atoms with E-state index in [2.05, 4.69) is 10.6 Å². The molecule has 0 spiro atoms. The second-order valence-corrected chi connectivity index (χ2v) is 7.24. The number of carbonyl (C=O) groups is 2. The number of aliphatic hydroxyl groups is 1. The number of nitro benzene ring substituents is 1. The number of anilines is 2. The molecule has 0 saturated carbocycles. The van der Waals surface area contributed by atoms with Gasteiger partial charge >= 0.3 is 6.03 Å². The Labute approximate surface area is 177 Å². The number of hydrogen-bond donors (Lipinski definition) is 3. The second kappa shape index (κ2) is 9.39. The zero-order chi connectivity index (χ0) is 23.3. The Kier molecular flexibility index (Phi) is 7.13. The topological polar surface area (TPSA) is 134 Å². The second-order valence-electron chi connectivity index (χ2n) is 7.24. The van der Waals surface area contributed by atoms with Crippen LogP contribution in [-0.2, 0) is 4.79 Å². The van der Waals surface area contributed by atoms with Crippen molar-refractivity contribution in [2.45, 2.75) is 19.4 Å². The van der Waals surface area contributed by atoms with Gasteiger partial charge in [-0.25, -0.2) is 9.18 Å². The molecule has 11 heteroatoms. The van der Waals surface area contributed by atoms with Gasteiger partial charge in [0.2, 0.25) is 0 Å². The first kappa shape index (κ1) is 23.5. The molecule has 1 atom stereocenters. The van der Waals surface area contributed by atoms with E-state index in [0.29, 0.717) is 5.56 Å². The summed E-state index contributed by atoms with van der Waals surface area (Å²) in [5.74, 6) is -1.52. The molecule has 0 bridgehead atoms. The van der Waals surface area contributed by atoms with Crippen LogP contribution >= 0.6 is 0 Å². The van der Waals surface area contributed by atoms with Gasteiger partial charge in [0.15, 0.2) is 5.60 Å². The number of nitro groups is 1. The summed E-state index contributed by atoms with van der Waals surface area (Å²) in [5.41, 5.74) is -1.52. The van der Waals surface area contributed by atoms with Gasteiger partial charge in [0.25, 0.3) is 11.6 Å². The van der Waals surface area contributed by atoms with Crippen LogP contribution in [0.4, 0.5) is 26.2 Å². The van der Waals surface area contributed by atoms with Crippen LogP contribution in [0.1, 0.15) is 12.5 Å². The van der Waals surface area contributed by atoms with Crippen LogP contribution in [0, 0.1) is 22.9 Å². The minimum Gasteiger partial charge on any atom is -0.490 e. The van der Waals surface area contributed by atoms with Gasteiger partial charge in [0, 0.05) is 37.5 Å². The van der Waals surface area contributed by atoms with Gasteiger partial charge in [-0.1, -0.05) is 0 Å². The highest BCUT2D eigenvalue weighted by molar-refractivity contribution is 5.97. The summed E-state index contributed by atoms with van der Waals surface area (Å²) in [6.45, 7) is 2.24. The molecule has 0 fully saturated rings. The number of aryl methyl sites for hydroxylation is 1. The van der Waals surface area contributed by atoms with Gasteiger partial charge in [-0.3, -0.25) is 14.9 Å². The van der Waals surface area contributed by atoms with E-state index in [1.165, 1.54) is 63.2 Å². The van der Waals surface area contributed by atoms with Gasteiger partial charge in [-0.05, 0) is 38.1 Å². The van der Waals surface area contributed by atoms with Crippen LogP contribution in [0.2, 0.25) is 0 Å². The lowest BCUT2D eigenvalue weighted by molar-refractivity contribution is -0.385. The van der Waals surface area contributed by atoms with E-state index in [4.69, 9.17) is 4.74 Å². The van der Waals surface area contributed by atoms with E-state index in [1.54, 1.807) is 0 Å². The van der Waals surface area contributed by atoms with Crippen LogP contribution in [0.5, 0.6) is 5.75 Å². The summed E-state index contributed by atoms with van der Waals surface area (Å²) >= 11 is 0. The number of benzene rings is 2. The number of urea groups is 1. The van der Waals surface area contributed by atoms with Crippen LogP contribution in [-0.4, -0.2) is 53.2 Å². The van der Waals surface area contributed by atoms with Gasteiger partial charge < -0.3 is 25.4 Å². The maximum absolute atomic E-state index is 14.2. The number of amides is 3. The molecule has 0 heterocycles. The number of nitrogens with zero attached hydrogens (tertiary/aromatic N) is 2. The minimum atomic E-state index is -1.98. The van der Waals surface area contributed by atoms with E-state index < -0.39 is 34.9 Å². The molecule has 2 aromatic rings. The van der Waals surface area contributed by atoms with Crippen molar-refractivity contribution in [3.05, 3.63) is 57.9 Å². The molecule has 1 unspecified atom stereocenters. The summed E-state index contributed by atoms with van der Waals surface area (Å²) < 4.78 is 19.5. The van der Waals surface area contributed by atoms with Crippen LogP contribution in [0.3, 0.4) is 0 Å². The third kappa shape index (κ3) is 6.12. The van der Waals surface area contributed by atoms with Crippen molar-refractivity contribution in [1.29, 1.82) is 0 Å². The van der Waals surface area contributed by atoms with Crippen molar-refractivity contribution in [2.75, 3.05) is 31.3 Å². The summed E-state index contributed by atoms with van der Waals surface area (Å²) in [5, 5.41) is 26.1. The Morgan fingerprint density at radius 1 is 1.23 bits per heavy atom. The van der Waals surface area contributed by atoms with E-state index in [0.717, 1.165) is 6.07 Å². The van der Waals surface area contributed by atoms with E-state index in [9.17, 15) is 29.2 Å². The first-order valence-corrected chi connectivity index (χ1v) is 9.10. The van der Waals surface area contributed by atoms with Crippen LogP contribution < -0.4 is 15.4 Å². The van der Waals surface area contributed by atoms with Crippen molar-refractivity contribution in [2.24, 2.45) is 0 Å². The molecule has 0 aliphatic carbocycles. The first-order valence-electron chi connectivity index (χ1n) is 9.10. The molecule has 166 valence electrons. The largest absolute Gasteiger partial charge is 0.490 e. The zero-order valence-electron chi connectivity index (χ0n) is 17.4. The standard InChI is InChI=1S/C20H23FN4O6/c1-12-9-13(5-8-17(12)25(29)30)22-18(26)20(2,28)11-31-14-6-7-16(15(21)10-14)23-19(27)24(3)4/h5-10,28H,11H2,1-4H3,(H,22,26)(H,23,27). The fourth-order valence-corrected chi connectivity index (χ4v) is 2.41. The van der Waals surface area contributed by atoms with E-state index in [-0.39, 0.29) is 22.8 Å². The summed E-state index contributed by atoms with van der Waals surface area (Å²) in [4.78, 5) is 35.6. The number of halogens is 1. The van der Waals surface area contributed by atoms with Crippen LogP contribution in [0.15, 0.2) is 36.4 Å². The van der Waals surface area contributed by atoms with Crippen molar-refractivity contribution in [3.8, 4) is 5.75 Å². The molecular weight excluding hydrogens is 411 g/mol. The van der Waals surface area contributed by atoms with Gasteiger partial charge in [-0.15, -0.1) is 0 Å². The molecule has 2 aromatic carbocycles. The highest BCUT2D eigenvalue weighted by Gasteiger charge is 2.32. The summed E-state index contributed by atoms with van der Waals surface area (Å²) in [6, 6.07) is 7.17. The minimum absolute atomic E-state index is 0.0413. The maximum Gasteiger partial charge on any atom is 0.321 e. The Morgan fingerprint density at radius 3 is 2.45 bits per heavy atom. The smallest absolute Gasteiger partial charge is 0.321 e. The lowest BCUT2D eigenvalue weighted by atomic mass is 10.1. The molecule has 31 heavy (non-hydrogen) atoms. The SMILES string of the molecule is Cc1cc(NC(=O)C(C)(O)COc2ccc(NC(=O)N(C)C)c(F)c2)ccc1[N+](=O)[O-]. The van der Waals surface area contributed by atoms with Gasteiger partial charge in [0.1, 0.15) is 18.2 Å². The van der Waals surface area contributed by atoms with E-state index >= 15 is 0 Å². The fourth-order valence-electron chi connectivity index (χ4n) is 2.41. The van der Waals surface area contributed by atoms with Gasteiger partial charge in [-0.2, -0.15) is 0 Å². The normalized spacial score (nSPS) is 12.5. The molecule has 0 saturated heterocycles.